The first-order valence-corrected chi connectivity index (χ1v) is 11.1. The van der Waals surface area contributed by atoms with Crippen LogP contribution in [0.3, 0.4) is 0 Å². The molecule has 1 saturated heterocycles. The van der Waals surface area contributed by atoms with E-state index in [1.165, 1.54) is 13.1 Å². The average molecular weight is 600 g/mol. The quantitative estimate of drug-likeness (QED) is 0.360. The lowest BCUT2D eigenvalue weighted by molar-refractivity contribution is -0.227. The van der Waals surface area contributed by atoms with Crippen LogP contribution in [0.4, 0.5) is 0 Å². The van der Waals surface area contributed by atoms with E-state index in [0.717, 1.165) is 4.57 Å². The predicted molar refractivity (Wildman–Crippen MR) is 99.8 cm³/mol. The Hall–Kier alpha value is -0.340. The van der Waals surface area contributed by atoms with Crippen molar-refractivity contribution in [3.63, 3.8) is 0 Å². The summed E-state index contributed by atoms with van der Waals surface area (Å²) in [7, 11) is -5.04. The summed E-state index contributed by atoms with van der Waals surface area (Å²) in [5.74, 6) is -1.23. The number of H-pyrrole nitrogens is 1. The maximum atomic E-state index is 11.9. The molecule has 1 fully saturated rings. The fourth-order valence-electron chi connectivity index (χ4n) is 2.18. The molecular weight excluding hydrogens is 587 g/mol. The Balaban J connectivity index is 2.02. The highest BCUT2D eigenvalue weighted by molar-refractivity contribution is 9.40. The summed E-state index contributed by atoms with van der Waals surface area (Å²) in [5, 5.41) is 10.0. The molecule has 1 aliphatic rings. The Labute approximate surface area is 177 Å². The van der Waals surface area contributed by atoms with E-state index < -0.39 is 52.2 Å². The molecule has 2 rings (SSSR count). The molecule has 0 amide bonds. The van der Waals surface area contributed by atoms with Gasteiger partial charge in [0.15, 0.2) is 0 Å². The lowest BCUT2D eigenvalue weighted by Gasteiger charge is -2.26. The molecular formula is C12H13Br3N2O9P-. The summed E-state index contributed by atoms with van der Waals surface area (Å²) in [6, 6.07) is 0. The van der Waals surface area contributed by atoms with E-state index in [0.29, 0.717) is 0 Å². The number of carbonyl (C=O) groups excluding carboxylic acids is 1. The Morgan fingerprint density at radius 2 is 2.15 bits per heavy atom. The third-order valence-corrected chi connectivity index (χ3v) is 5.31. The van der Waals surface area contributed by atoms with Gasteiger partial charge in [0.25, 0.3) is 5.56 Å². The van der Waals surface area contributed by atoms with E-state index >= 15 is 0 Å². The number of phosphoric acid groups is 1. The van der Waals surface area contributed by atoms with Gasteiger partial charge in [-0.25, -0.2) is 9.59 Å². The van der Waals surface area contributed by atoms with Crippen LogP contribution in [0.15, 0.2) is 15.8 Å². The van der Waals surface area contributed by atoms with Crippen molar-refractivity contribution in [3.05, 3.63) is 32.6 Å². The van der Waals surface area contributed by atoms with Crippen molar-refractivity contribution in [2.24, 2.45) is 0 Å². The minimum Gasteiger partial charge on any atom is -0.746 e. The van der Waals surface area contributed by atoms with Crippen molar-refractivity contribution in [1.82, 2.24) is 9.55 Å². The molecule has 0 saturated carbocycles. The maximum absolute atomic E-state index is 11.9. The van der Waals surface area contributed by atoms with E-state index in [1.54, 1.807) is 0 Å². The SMILES string of the molecule is Cc1cn([C@H]2C[C@H](O)[C@@H](COP(=O)([O-])OC(=O)C(Br)(Br)Br)O2)c(=O)[nH]c1=O. The van der Waals surface area contributed by atoms with Gasteiger partial charge in [-0.1, -0.05) is 0 Å². The van der Waals surface area contributed by atoms with E-state index in [2.05, 4.69) is 61.8 Å². The molecule has 1 aromatic heterocycles. The number of aliphatic hydroxyl groups excluding tert-OH is 1. The van der Waals surface area contributed by atoms with Crippen LogP contribution in [0.2, 0.25) is 0 Å². The summed E-state index contributed by atoms with van der Waals surface area (Å²) in [4.78, 5) is 48.6. The first-order valence-electron chi connectivity index (χ1n) is 7.22. The summed E-state index contributed by atoms with van der Waals surface area (Å²) in [5.41, 5.74) is -1.03. The number of hydrogen-bond acceptors (Lipinski definition) is 9. The van der Waals surface area contributed by atoms with Gasteiger partial charge in [0.1, 0.15) is 12.3 Å². The molecule has 152 valence electrons. The van der Waals surface area contributed by atoms with Gasteiger partial charge in [-0.15, -0.1) is 0 Å². The van der Waals surface area contributed by atoms with Crippen LogP contribution in [0.25, 0.3) is 0 Å². The first kappa shape index (κ1) is 22.9. The highest BCUT2D eigenvalue weighted by Crippen LogP contribution is 2.45. The topological polar surface area (TPSA) is 160 Å². The number of aryl methyl sites for hydroxylation is 1. The molecule has 1 unspecified atom stereocenters. The molecule has 0 bridgehead atoms. The number of aliphatic hydroxyl groups is 1. The predicted octanol–water partition coefficient (Wildman–Crippen LogP) is 0.360. The normalized spacial score (nSPS) is 25.2. The molecule has 2 heterocycles. The van der Waals surface area contributed by atoms with E-state index in [4.69, 9.17) is 4.74 Å². The molecule has 1 aliphatic heterocycles. The Bertz CT molecular complexity index is 880. The number of alkyl halides is 3. The van der Waals surface area contributed by atoms with Crippen LogP contribution < -0.4 is 16.1 Å². The molecule has 1 aromatic rings. The van der Waals surface area contributed by atoms with Crippen LogP contribution in [0, 0.1) is 6.92 Å². The number of ether oxygens (including phenoxy) is 1. The van der Waals surface area contributed by atoms with Gasteiger partial charge in [0.2, 0.25) is 2.14 Å². The van der Waals surface area contributed by atoms with Crippen molar-refractivity contribution in [2.75, 3.05) is 6.61 Å². The number of rotatable bonds is 5. The lowest BCUT2D eigenvalue weighted by Crippen LogP contribution is -2.33. The number of carbonyl (C=O) groups is 1. The second-order valence-corrected chi connectivity index (χ2v) is 13.6. The third kappa shape index (κ3) is 6.07. The van der Waals surface area contributed by atoms with Crippen molar-refractivity contribution >= 4 is 61.6 Å². The van der Waals surface area contributed by atoms with E-state index in [1.807, 2.05) is 0 Å². The number of aromatic amines is 1. The van der Waals surface area contributed by atoms with Crippen molar-refractivity contribution in [3.8, 4) is 0 Å². The summed E-state index contributed by atoms with van der Waals surface area (Å²) in [6.07, 6.45) is -1.99. The number of nitrogens with one attached hydrogen (secondary N) is 1. The van der Waals surface area contributed by atoms with Gasteiger partial charge in [-0.2, -0.15) is 0 Å². The standard InChI is InChI=1S/C12H14Br3N2O9P/c1-5-3-17(11(21)16-9(5)19)8-2-6(18)7(25-8)4-24-27(22,23)26-10(20)12(13,14)15/h3,6-8,18H,2,4H2,1H3,(H,22,23)(H,16,19,21)/p-1/t6-,7+,8+/m0/s1. The first-order chi connectivity index (χ1) is 12.3. The molecule has 4 atom stereocenters. The van der Waals surface area contributed by atoms with Gasteiger partial charge < -0.3 is 23.8 Å². The van der Waals surface area contributed by atoms with Crippen LogP contribution >= 0.6 is 55.6 Å². The van der Waals surface area contributed by atoms with E-state index in [9.17, 15) is 28.9 Å². The molecule has 0 aliphatic carbocycles. The van der Waals surface area contributed by atoms with Gasteiger partial charge in [0, 0.05) is 18.2 Å². The van der Waals surface area contributed by atoms with Crippen molar-refractivity contribution in [2.45, 2.75) is 33.9 Å². The monoisotopic (exact) mass is 597 g/mol. The maximum Gasteiger partial charge on any atom is 0.350 e. The minimum atomic E-state index is -5.04. The molecule has 11 nitrogen and oxygen atoms in total. The highest BCUT2D eigenvalue weighted by atomic mass is 80.0. The number of nitrogens with zero attached hydrogens (tertiary/aromatic N) is 1. The smallest absolute Gasteiger partial charge is 0.350 e. The summed E-state index contributed by atoms with van der Waals surface area (Å²) < 4.78 is 25.4. The number of aromatic nitrogens is 2. The largest absolute Gasteiger partial charge is 0.746 e. The zero-order valence-electron chi connectivity index (χ0n) is 13.5. The molecule has 0 aromatic carbocycles. The molecule has 2 N–H and O–H groups in total. The van der Waals surface area contributed by atoms with Gasteiger partial charge in [0.05, 0.1) is 12.7 Å². The number of hydrogen-bond donors (Lipinski definition) is 2. The molecule has 27 heavy (non-hydrogen) atoms. The fourth-order valence-corrected chi connectivity index (χ4v) is 3.52. The van der Waals surface area contributed by atoms with Gasteiger partial charge in [-0.05, 0) is 54.7 Å². The highest BCUT2D eigenvalue weighted by Gasteiger charge is 2.38. The number of phosphoric ester groups is 1. The van der Waals surface area contributed by atoms with Gasteiger partial charge >= 0.3 is 19.5 Å². The third-order valence-electron chi connectivity index (χ3n) is 3.48. The fraction of sp³-hybridized carbons (Fsp3) is 0.583. The molecule has 0 radical (unpaired) electrons. The zero-order chi connectivity index (χ0) is 20.6. The van der Waals surface area contributed by atoms with Crippen LogP contribution in [-0.4, -0.2) is 41.6 Å². The summed E-state index contributed by atoms with van der Waals surface area (Å²) >= 11 is 8.39. The molecule has 0 spiro atoms. The Morgan fingerprint density at radius 3 is 2.74 bits per heavy atom. The Morgan fingerprint density at radius 1 is 1.52 bits per heavy atom. The number of halogens is 3. The lowest BCUT2D eigenvalue weighted by atomic mass is 10.2. The Kier molecular flexibility index (Phi) is 7.29. The van der Waals surface area contributed by atoms with Crippen LogP contribution in [0.1, 0.15) is 18.2 Å². The van der Waals surface area contributed by atoms with Gasteiger partial charge in [-0.3, -0.25) is 18.9 Å². The second kappa shape index (κ2) is 8.57. The zero-order valence-corrected chi connectivity index (χ0v) is 19.1. The van der Waals surface area contributed by atoms with Crippen molar-refractivity contribution in [1.29, 1.82) is 0 Å². The summed E-state index contributed by atoms with van der Waals surface area (Å²) in [6.45, 7) is 0.836. The van der Waals surface area contributed by atoms with Crippen LogP contribution in [0.5, 0.6) is 0 Å². The van der Waals surface area contributed by atoms with E-state index in [-0.39, 0.29) is 12.0 Å². The average Bonchev–Trinajstić information content (AvgIpc) is 2.88. The minimum absolute atomic E-state index is 0.0460. The van der Waals surface area contributed by atoms with Crippen LogP contribution in [-0.2, 0) is 23.1 Å². The molecule has 15 heteroatoms. The van der Waals surface area contributed by atoms with Crippen molar-refractivity contribution < 1.29 is 33.1 Å². The second-order valence-electron chi connectivity index (χ2n) is 5.53.